The normalized spacial score (nSPS) is 15.0. The van der Waals surface area contributed by atoms with Crippen molar-refractivity contribution in [2.24, 2.45) is 0 Å². The quantitative estimate of drug-likeness (QED) is 0.398. The number of carbonyl (C=O) groups is 1. The van der Waals surface area contributed by atoms with E-state index >= 15 is 0 Å². The fourth-order valence-electron chi connectivity index (χ4n) is 3.76. The van der Waals surface area contributed by atoms with Gasteiger partial charge in [-0.3, -0.25) is 9.69 Å². The molecule has 0 radical (unpaired) electrons. The van der Waals surface area contributed by atoms with Gasteiger partial charge < -0.3 is 14.8 Å². The van der Waals surface area contributed by atoms with Gasteiger partial charge in [-0.2, -0.15) is 13.2 Å². The van der Waals surface area contributed by atoms with Crippen LogP contribution in [0.1, 0.15) is 26.5 Å². The molecule has 0 saturated carbocycles. The van der Waals surface area contributed by atoms with Crippen LogP contribution in [0.2, 0.25) is 0 Å². The van der Waals surface area contributed by atoms with Crippen molar-refractivity contribution in [2.75, 3.05) is 26.3 Å². The van der Waals surface area contributed by atoms with E-state index < -0.39 is 34.8 Å². The van der Waals surface area contributed by atoms with Crippen LogP contribution in [0.25, 0.3) is 10.6 Å². The van der Waals surface area contributed by atoms with E-state index in [1.54, 1.807) is 24.3 Å². The Morgan fingerprint density at radius 1 is 1.05 bits per heavy atom. The van der Waals surface area contributed by atoms with E-state index in [0.717, 1.165) is 17.7 Å². The summed E-state index contributed by atoms with van der Waals surface area (Å²) in [4.78, 5) is 18.0. The van der Waals surface area contributed by atoms with Gasteiger partial charge in [0.15, 0.2) is 5.69 Å². The summed E-state index contributed by atoms with van der Waals surface area (Å²) < 4.78 is 87.9. The zero-order valence-corrected chi connectivity index (χ0v) is 20.0. The van der Waals surface area contributed by atoms with Gasteiger partial charge in [0.05, 0.1) is 13.2 Å². The first-order valence-electron chi connectivity index (χ1n) is 11.1. The maximum atomic E-state index is 13.8. The van der Waals surface area contributed by atoms with Crippen molar-refractivity contribution in [2.45, 2.75) is 25.6 Å². The molecule has 0 spiro atoms. The fourth-order valence-corrected chi connectivity index (χ4v) is 4.83. The molecular formula is C24H21F6N3O3S. The maximum Gasteiger partial charge on any atom is 0.573 e. The maximum absolute atomic E-state index is 13.8. The number of hydrogen-bond donors (Lipinski definition) is 1. The number of carbonyl (C=O) groups excluding carboxylic acids is 1. The van der Waals surface area contributed by atoms with Gasteiger partial charge in [0.25, 0.3) is 5.91 Å². The van der Waals surface area contributed by atoms with E-state index in [9.17, 15) is 31.1 Å². The zero-order chi connectivity index (χ0) is 26.6. The van der Waals surface area contributed by atoms with Crippen LogP contribution >= 0.6 is 11.3 Å². The molecule has 13 heteroatoms. The molecule has 1 aliphatic rings. The first-order chi connectivity index (χ1) is 17.5. The van der Waals surface area contributed by atoms with Crippen LogP contribution < -0.4 is 10.1 Å². The summed E-state index contributed by atoms with van der Waals surface area (Å²) in [5.74, 6) is -1.55. The number of amides is 1. The molecule has 2 heterocycles. The number of rotatable bonds is 7. The molecule has 1 N–H and O–H groups in total. The van der Waals surface area contributed by atoms with Crippen molar-refractivity contribution < 1.29 is 40.6 Å². The van der Waals surface area contributed by atoms with Gasteiger partial charge in [-0.1, -0.05) is 36.4 Å². The highest BCUT2D eigenvalue weighted by Gasteiger charge is 2.40. The first-order valence-corrected chi connectivity index (χ1v) is 11.9. The number of aromatic nitrogens is 1. The standard InChI is InChI=1S/C24H21F6N3O3S/c25-23(26,27)20-19(21(34)31-13-15-4-3-6-17(12-15)36-24(28,29)30)37-22(32-20)18-7-2-1-5-16(18)14-33-8-10-35-11-9-33/h1-7,12H,8-11,13-14H2,(H,31,34). The average molecular weight is 546 g/mol. The predicted octanol–water partition coefficient (Wildman–Crippen LogP) is 5.49. The molecule has 37 heavy (non-hydrogen) atoms. The third kappa shape index (κ3) is 7.21. The van der Waals surface area contributed by atoms with Gasteiger partial charge in [0.1, 0.15) is 15.6 Å². The molecule has 4 rings (SSSR count). The molecule has 0 bridgehead atoms. The Labute approximate surface area is 211 Å². The molecule has 1 amide bonds. The van der Waals surface area contributed by atoms with Gasteiger partial charge in [-0.05, 0) is 23.3 Å². The topological polar surface area (TPSA) is 63.7 Å². The van der Waals surface area contributed by atoms with E-state index in [4.69, 9.17) is 4.74 Å². The van der Waals surface area contributed by atoms with E-state index in [1.807, 2.05) is 0 Å². The zero-order valence-electron chi connectivity index (χ0n) is 19.2. The number of ether oxygens (including phenoxy) is 2. The second-order valence-corrected chi connectivity index (χ2v) is 9.12. The molecule has 1 aromatic heterocycles. The number of morpholine rings is 1. The second-order valence-electron chi connectivity index (χ2n) is 8.12. The Balaban J connectivity index is 1.56. The number of hydrogen-bond acceptors (Lipinski definition) is 6. The Kier molecular flexibility index (Phi) is 8.05. The van der Waals surface area contributed by atoms with Crippen LogP contribution in [0, 0.1) is 0 Å². The van der Waals surface area contributed by atoms with Crippen LogP contribution in [-0.2, 0) is 24.0 Å². The van der Waals surface area contributed by atoms with Crippen LogP contribution in [0.4, 0.5) is 26.3 Å². The molecule has 1 fully saturated rings. The SMILES string of the molecule is O=C(NCc1cccc(OC(F)(F)F)c1)c1sc(-c2ccccc2CN2CCOCC2)nc1C(F)(F)F. The van der Waals surface area contributed by atoms with Crippen LogP contribution in [0.3, 0.4) is 0 Å². The summed E-state index contributed by atoms with van der Waals surface area (Å²) in [5, 5.41) is 2.38. The Bertz CT molecular complexity index is 1240. The molecule has 198 valence electrons. The summed E-state index contributed by atoms with van der Waals surface area (Å²) in [6.45, 7) is 2.66. The van der Waals surface area contributed by atoms with E-state index in [1.165, 1.54) is 12.1 Å². The van der Waals surface area contributed by atoms with E-state index in [-0.39, 0.29) is 17.1 Å². The minimum atomic E-state index is -4.90. The monoisotopic (exact) mass is 545 g/mol. The van der Waals surface area contributed by atoms with Crippen molar-refractivity contribution in [1.29, 1.82) is 0 Å². The van der Waals surface area contributed by atoms with Gasteiger partial charge in [-0.25, -0.2) is 4.98 Å². The van der Waals surface area contributed by atoms with E-state index in [0.29, 0.717) is 49.7 Å². The Morgan fingerprint density at radius 2 is 1.78 bits per heavy atom. The number of thiazole rings is 1. The molecule has 6 nitrogen and oxygen atoms in total. The van der Waals surface area contributed by atoms with Crippen LogP contribution in [-0.4, -0.2) is 48.5 Å². The highest BCUT2D eigenvalue weighted by molar-refractivity contribution is 7.17. The van der Waals surface area contributed by atoms with Gasteiger partial charge >= 0.3 is 12.5 Å². The lowest BCUT2D eigenvalue weighted by atomic mass is 10.1. The lowest BCUT2D eigenvalue weighted by molar-refractivity contribution is -0.274. The third-order valence-corrected chi connectivity index (χ3v) is 6.52. The summed E-state index contributed by atoms with van der Waals surface area (Å²) in [6.07, 6.45) is -9.79. The molecular weight excluding hydrogens is 524 g/mol. The van der Waals surface area contributed by atoms with Gasteiger partial charge in [0, 0.05) is 31.7 Å². The highest BCUT2D eigenvalue weighted by Crippen LogP contribution is 2.39. The van der Waals surface area contributed by atoms with Gasteiger partial charge in [-0.15, -0.1) is 24.5 Å². The van der Waals surface area contributed by atoms with Crippen LogP contribution in [0.15, 0.2) is 48.5 Å². The fraction of sp³-hybridized carbons (Fsp3) is 0.333. The summed E-state index contributed by atoms with van der Waals surface area (Å²) >= 11 is 0.610. The second kappa shape index (κ2) is 11.1. The number of alkyl halides is 6. The van der Waals surface area contributed by atoms with Crippen LogP contribution in [0.5, 0.6) is 5.75 Å². The molecule has 0 atom stereocenters. The van der Waals surface area contributed by atoms with Crippen molar-refractivity contribution in [3.63, 3.8) is 0 Å². The van der Waals surface area contributed by atoms with E-state index in [2.05, 4.69) is 19.9 Å². The average Bonchev–Trinajstić information content (AvgIpc) is 3.29. The minimum absolute atomic E-state index is 0.0434. The summed E-state index contributed by atoms with van der Waals surface area (Å²) in [7, 11) is 0. The van der Waals surface area contributed by atoms with Gasteiger partial charge in [0.2, 0.25) is 0 Å². The molecule has 2 aromatic carbocycles. The number of halogens is 6. The summed E-state index contributed by atoms with van der Waals surface area (Å²) in [6, 6.07) is 11.7. The third-order valence-electron chi connectivity index (χ3n) is 5.43. The number of nitrogens with zero attached hydrogens (tertiary/aromatic N) is 2. The highest BCUT2D eigenvalue weighted by atomic mass is 32.1. The van der Waals surface area contributed by atoms with Crippen molar-refractivity contribution >= 4 is 17.2 Å². The lowest BCUT2D eigenvalue weighted by Gasteiger charge is -2.27. The van der Waals surface area contributed by atoms with Crippen molar-refractivity contribution in [1.82, 2.24) is 15.2 Å². The van der Waals surface area contributed by atoms with Crippen molar-refractivity contribution in [3.8, 4) is 16.3 Å². The lowest BCUT2D eigenvalue weighted by Crippen LogP contribution is -2.35. The predicted molar refractivity (Wildman–Crippen MR) is 123 cm³/mol. The molecule has 0 unspecified atom stereocenters. The molecule has 0 aliphatic carbocycles. The number of nitrogens with one attached hydrogen (secondary N) is 1. The first kappa shape index (κ1) is 26.9. The smallest absolute Gasteiger partial charge is 0.406 e. The molecule has 1 saturated heterocycles. The summed E-state index contributed by atoms with van der Waals surface area (Å²) in [5.41, 5.74) is 0.144. The Morgan fingerprint density at radius 3 is 2.49 bits per heavy atom. The largest absolute Gasteiger partial charge is 0.573 e. The number of benzene rings is 2. The molecule has 3 aromatic rings. The minimum Gasteiger partial charge on any atom is -0.406 e. The Hall–Kier alpha value is -3.16. The van der Waals surface area contributed by atoms with Crippen molar-refractivity contribution in [3.05, 3.63) is 70.2 Å². The molecule has 1 aliphatic heterocycles.